The molecule has 0 N–H and O–H groups in total. The van der Waals surface area contributed by atoms with Crippen molar-refractivity contribution in [2.75, 3.05) is 19.6 Å². The van der Waals surface area contributed by atoms with E-state index >= 15 is 0 Å². The van der Waals surface area contributed by atoms with Crippen molar-refractivity contribution in [1.29, 1.82) is 0 Å². The molecule has 0 bridgehead atoms. The number of nitrogens with zero attached hydrogens (tertiary/aromatic N) is 3. The molecule has 3 heterocycles. The van der Waals surface area contributed by atoms with E-state index in [-0.39, 0.29) is 5.41 Å². The van der Waals surface area contributed by atoms with Crippen LogP contribution in [-0.2, 0) is 17.9 Å². The molecular weight excluding hydrogens is 310 g/mol. The Morgan fingerprint density at radius 3 is 2.64 bits per heavy atom. The topological polar surface area (TPSA) is 36.4 Å². The molecule has 4 nitrogen and oxygen atoms in total. The highest BCUT2D eigenvalue weighted by Crippen LogP contribution is 2.41. The zero-order chi connectivity index (χ0) is 17.3. The molecule has 0 aliphatic carbocycles. The quantitative estimate of drug-likeness (QED) is 0.862. The van der Waals surface area contributed by atoms with Crippen LogP contribution in [0.25, 0.3) is 0 Å². The molecule has 25 heavy (non-hydrogen) atoms. The smallest absolute Gasteiger partial charge is 0.230 e. The van der Waals surface area contributed by atoms with Gasteiger partial charge in [0.2, 0.25) is 5.91 Å². The van der Waals surface area contributed by atoms with Gasteiger partial charge in [-0.15, -0.1) is 0 Å². The van der Waals surface area contributed by atoms with Crippen molar-refractivity contribution < 1.29 is 4.79 Å². The number of pyridine rings is 1. The summed E-state index contributed by atoms with van der Waals surface area (Å²) in [5.74, 6) is 0.353. The summed E-state index contributed by atoms with van der Waals surface area (Å²) >= 11 is 0. The molecule has 0 radical (unpaired) electrons. The van der Waals surface area contributed by atoms with Crippen LogP contribution in [0, 0.1) is 12.3 Å². The standard InChI is InChI=1S/C21H25N3O/c1-17-3-2-4-19(13-17)15-24-12-8-21(20(24)25)7-11-23(16-21)14-18-5-9-22-10-6-18/h2-6,9-10,13H,7-8,11-12,14-16H2,1H3/t21-/m0/s1. The summed E-state index contributed by atoms with van der Waals surface area (Å²) in [4.78, 5) is 21.7. The fourth-order valence-electron chi connectivity index (χ4n) is 4.29. The van der Waals surface area contributed by atoms with Crippen molar-refractivity contribution in [1.82, 2.24) is 14.8 Å². The average molecular weight is 335 g/mol. The summed E-state index contributed by atoms with van der Waals surface area (Å²) in [6.07, 6.45) is 5.66. The second-order valence-electron chi connectivity index (χ2n) is 7.56. The van der Waals surface area contributed by atoms with E-state index in [1.165, 1.54) is 16.7 Å². The van der Waals surface area contributed by atoms with Gasteiger partial charge < -0.3 is 4.90 Å². The monoisotopic (exact) mass is 335 g/mol. The van der Waals surface area contributed by atoms with Gasteiger partial charge in [-0.1, -0.05) is 29.8 Å². The summed E-state index contributed by atoms with van der Waals surface area (Å²) < 4.78 is 0. The minimum Gasteiger partial charge on any atom is -0.338 e. The third kappa shape index (κ3) is 3.31. The van der Waals surface area contributed by atoms with Crippen molar-refractivity contribution in [3.8, 4) is 0 Å². The first-order valence-corrected chi connectivity index (χ1v) is 9.11. The molecule has 2 saturated heterocycles. The van der Waals surface area contributed by atoms with E-state index in [0.29, 0.717) is 5.91 Å². The molecular formula is C21H25N3O. The lowest BCUT2D eigenvalue weighted by Gasteiger charge is -2.24. The van der Waals surface area contributed by atoms with E-state index in [1.54, 1.807) is 0 Å². The first-order valence-electron chi connectivity index (χ1n) is 9.11. The number of amides is 1. The minimum atomic E-state index is -0.156. The molecule has 0 unspecified atom stereocenters. The number of rotatable bonds is 4. The molecule has 1 atom stereocenters. The average Bonchev–Trinajstić information content (AvgIpc) is 3.15. The first kappa shape index (κ1) is 16.3. The molecule has 4 heteroatoms. The van der Waals surface area contributed by atoms with E-state index in [0.717, 1.165) is 45.6 Å². The Morgan fingerprint density at radius 1 is 1.04 bits per heavy atom. The van der Waals surface area contributed by atoms with Gasteiger partial charge in [0.25, 0.3) is 0 Å². The van der Waals surface area contributed by atoms with E-state index in [1.807, 2.05) is 12.4 Å². The maximum absolute atomic E-state index is 13.1. The number of aryl methyl sites for hydroxylation is 1. The highest BCUT2D eigenvalue weighted by molar-refractivity contribution is 5.85. The number of hydrogen-bond donors (Lipinski definition) is 0. The molecule has 2 aliphatic heterocycles. The lowest BCUT2D eigenvalue weighted by Crippen LogP contribution is -2.36. The highest BCUT2D eigenvalue weighted by atomic mass is 16.2. The van der Waals surface area contributed by atoms with Gasteiger partial charge in [-0.05, 0) is 49.6 Å². The van der Waals surface area contributed by atoms with Crippen molar-refractivity contribution in [2.24, 2.45) is 5.41 Å². The van der Waals surface area contributed by atoms with Gasteiger partial charge >= 0.3 is 0 Å². The molecule has 2 fully saturated rings. The molecule has 1 aromatic carbocycles. The molecule has 2 aromatic rings. The second kappa shape index (κ2) is 6.60. The summed E-state index contributed by atoms with van der Waals surface area (Å²) in [6, 6.07) is 12.6. The molecule has 130 valence electrons. The van der Waals surface area contributed by atoms with Crippen LogP contribution in [0.1, 0.15) is 29.5 Å². The maximum atomic E-state index is 13.1. The van der Waals surface area contributed by atoms with Crippen LogP contribution in [0.5, 0.6) is 0 Å². The van der Waals surface area contributed by atoms with Gasteiger partial charge in [0, 0.05) is 38.6 Å². The summed E-state index contributed by atoms with van der Waals surface area (Å²) in [5.41, 5.74) is 3.60. The molecule has 4 rings (SSSR count). The SMILES string of the molecule is Cc1cccc(CN2CC[C@]3(CCN(Cc4ccncc4)C3)C2=O)c1. The van der Waals surface area contributed by atoms with Gasteiger partial charge in [0.05, 0.1) is 5.41 Å². The predicted molar refractivity (Wildman–Crippen MR) is 97.8 cm³/mol. The molecule has 1 amide bonds. The van der Waals surface area contributed by atoms with Gasteiger partial charge in [-0.3, -0.25) is 14.7 Å². The Bertz CT molecular complexity index is 761. The lowest BCUT2D eigenvalue weighted by molar-refractivity contribution is -0.136. The molecule has 0 saturated carbocycles. The van der Waals surface area contributed by atoms with Crippen LogP contribution >= 0.6 is 0 Å². The number of carbonyl (C=O) groups excluding carboxylic acids is 1. The fourth-order valence-corrected chi connectivity index (χ4v) is 4.29. The first-order chi connectivity index (χ1) is 12.1. The Kier molecular flexibility index (Phi) is 4.30. The lowest BCUT2D eigenvalue weighted by atomic mass is 9.85. The van der Waals surface area contributed by atoms with Gasteiger partial charge in [-0.2, -0.15) is 0 Å². The number of likely N-dealkylation sites (tertiary alicyclic amines) is 2. The number of aromatic nitrogens is 1. The number of carbonyl (C=O) groups is 1. The maximum Gasteiger partial charge on any atom is 0.230 e. The normalized spacial score (nSPS) is 23.7. The highest BCUT2D eigenvalue weighted by Gasteiger charge is 2.50. The third-order valence-electron chi connectivity index (χ3n) is 5.65. The number of hydrogen-bond acceptors (Lipinski definition) is 3. The zero-order valence-corrected chi connectivity index (χ0v) is 14.8. The van der Waals surface area contributed by atoms with E-state index < -0.39 is 0 Å². The molecule has 2 aliphatic rings. The predicted octanol–water partition coefficient (Wildman–Crippen LogP) is 3.01. The fraction of sp³-hybridized carbons (Fsp3) is 0.429. The number of benzene rings is 1. The van der Waals surface area contributed by atoms with Crippen LogP contribution in [0.15, 0.2) is 48.8 Å². The van der Waals surface area contributed by atoms with Crippen molar-refractivity contribution in [3.05, 3.63) is 65.5 Å². The Morgan fingerprint density at radius 2 is 1.84 bits per heavy atom. The summed E-state index contributed by atoms with van der Waals surface area (Å²) in [6.45, 7) is 6.54. The van der Waals surface area contributed by atoms with Crippen molar-refractivity contribution in [2.45, 2.75) is 32.9 Å². The van der Waals surface area contributed by atoms with Crippen LogP contribution in [0.3, 0.4) is 0 Å². The van der Waals surface area contributed by atoms with Gasteiger partial charge in [0.1, 0.15) is 0 Å². The van der Waals surface area contributed by atoms with Crippen LogP contribution < -0.4 is 0 Å². The van der Waals surface area contributed by atoms with Crippen LogP contribution in [-0.4, -0.2) is 40.3 Å². The Hall–Kier alpha value is -2.20. The Balaban J connectivity index is 1.41. The minimum absolute atomic E-state index is 0.156. The van der Waals surface area contributed by atoms with Crippen LogP contribution in [0.2, 0.25) is 0 Å². The molecule has 1 spiro atoms. The second-order valence-corrected chi connectivity index (χ2v) is 7.56. The van der Waals surface area contributed by atoms with E-state index in [2.05, 4.69) is 58.1 Å². The summed E-state index contributed by atoms with van der Waals surface area (Å²) in [5, 5.41) is 0. The largest absolute Gasteiger partial charge is 0.338 e. The van der Waals surface area contributed by atoms with E-state index in [9.17, 15) is 4.79 Å². The van der Waals surface area contributed by atoms with E-state index in [4.69, 9.17) is 0 Å². The third-order valence-corrected chi connectivity index (χ3v) is 5.65. The Labute approximate surface area is 149 Å². The van der Waals surface area contributed by atoms with Crippen molar-refractivity contribution >= 4 is 5.91 Å². The van der Waals surface area contributed by atoms with Crippen LogP contribution in [0.4, 0.5) is 0 Å². The zero-order valence-electron chi connectivity index (χ0n) is 14.8. The molecule has 1 aromatic heterocycles. The summed E-state index contributed by atoms with van der Waals surface area (Å²) in [7, 11) is 0. The van der Waals surface area contributed by atoms with Gasteiger partial charge in [-0.25, -0.2) is 0 Å². The van der Waals surface area contributed by atoms with Crippen molar-refractivity contribution in [3.63, 3.8) is 0 Å². The van der Waals surface area contributed by atoms with Gasteiger partial charge in [0.15, 0.2) is 0 Å².